The van der Waals surface area contributed by atoms with E-state index < -0.39 is 11.2 Å². The van der Waals surface area contributed by atoms with Crippen molar-refractivity contribution in [3.63, 3.8) is 0 Å². The van der Waals surface area contributed by atoms with E-state index in [1.165, 1.54) is 4.57 Å². The van der Waals surface area contributed by atoms with Gasteiger partial charge in [-0.25, -0.2) is 9.36 Å². The Balaban J connectivity index is 2.90. The molecule has 2 aromatic rings. The fourth-order valence-electron chi connectivity index (χ4n) is 1.64. The number of aromatic nitrogens is 2. The molecule has 0 amide bonds. The number of para-hydroxylation sites is 1. The van der Waals surface area contributed by atoms with Gasteiger partial charge in [-0.05, 0) is 19.1 Å². The maximum absolute atomic E-state index is 12.0. The minimum atomic E-state index is -0.475. The summed E-state index contributed by atoms with van der Waals surface area (Å²) >= 11 is 0. The zero-order chi connectivity index (χ0) is 12.6. The van der Waals surface area contributed by atoms with E-state index in [9.17, 15) is 9.59 Å². The number of anilines is 1. The molecule has 0 aliphatic carbocycles. The third kappa shape index (κ3) is 1.65. The molecule has 0 saturated carbocycles. The molecule has 1 heterocycles. The summed E-state index contributed by atoms with van der Waals surface area (Å²) < 4.78 is 2.44. The van der Waals surface area contributed by atoms with Gasteiger partial charge in [0.25, 0.3) is 5.56 Å². The van der Waals surface area contributed by atoms with E-state index in [1.54, 1.807) is 38.2 Å². The third-order valence-corrected chi connectivity index (χ3v) is 2.82. The van der Waals surface area contributed by atoms with E-state index in [0.29, 0.717) is 11.4 Å². The van der Waals surface area contributed by atoms with Crippen molar-refractivity contribution in [2.75, 3.05) is 5.73 Å². The lowest BCUT2D eigenvalue weighted by Crippen LogP contribution is -2.40. The number of nitrogen functional groups attached to an aromatic ring is 1. The highest BCUT2D eigenvalue weighted by molar-refractivity contribution is 5.43. The van der Waals surface area contributed by atoms with E-state index in [-0.39, 0.29) is 5.69 Å². The molecule has 2 rings (SSSR count). The Morgan fingerprint density at radius 2 is 1.71 bits per heavy atom. The maximum atomic E-state index is 12.0. The van der Waals surface area contributed by atoms with Gasteiger partial charge < -0.3 is 5.73 Å². The van der Waals surface area contributed by atoms with Crippen molar-refractivity contribution in [2.45, 2.75) is 6.92 Å². The molecule has 1 aromatic carbocycles. The van der Waals surface area contributed by atoms with E-state index in [1.807, 2.05) is 6.07 Å². The van der Waals surface area contributed by atoms with Gasteiger partial charge >= 0.3 is 5.69 Å². The Hall–Kier alpha value is -2.30. The molecule has 5 nitrogen and oxygen atoms in total. The highest BCUT2D eigenvalue weighted by Gasteiger charge is 2.12. The van der Waals surface area contributed by atoms with Gasteiger partial charge in [0, 0.05) is 12.7 Å². The van der Waals surface area contributed by atoms with Crippen LogP contribution in [0.1, 0.15) is 5.69 Å². The number of hydrogen-bond acceptors (Lipinski definition) is 3. The van der Waals surface area contributed by atoms with E-state index >= 15 is 0 Å². The molecule has 0 unspecified atom stereocenters. The second kappa shape index (κ2) is 3.93. The summed E-state index contributed by atoms with van der Waals surface area (Å²) in [5.74, 6) is 0. The zero-order valence-corrected chi connectivity index (χ0v) is 9.68. The van der Waals surface area contributed by atoms with Gasteiger partial charge in [0.05, 0.1) is 5.69 Å². The lowest BCUT2D eigenvalue weighted by Gasteiger charge is -2.11. The van der Waals surface area contributed by atoms with Crippen LogP contribution in [-0.4, -0.2) is 9.13 Å². The Morgan fingerprint density at radius 1 is 1.12 bits per heavy atom. The first kappa shape index (κ1) is 11.2. The molecule has 0 fully saturated rings. The van der Waals surface area contributed by atoms with Crippen LogP contribution in [-0.2, 0) is 7.05 Å². The summed E-state index contributed by atoms with van der Waals surface area (Å²) in [6.07, 6.45) is 0. The van der Waals surface area contributed by atoms with E-state index in [2.05, 4.69) is 0 Å². The summed E-state index contributed by atoms with van der Waals surface area (Å²) in [6.45, 7) is 1.65. The fraction of sp³-hybridized carbons (Fsp3) is 0.167. The summed E-state index contributed by atoms with van der Waals surface area (Å²) in [7, 11) is 1.59. The largest absolute Gasteiger partial charge is 0.393 e. The molecule has 1 aromatic heterocycles. The van der Waals surface area contributed by atoms with Gasteiger partial charge in [0.15, 0.2) is 0 Å². The van der Waals surface area contributed by atoms with Crippen molar-refractivity contribution in [2.24, 2.45) is 7.05 Å². The first-order chi connectivity index (χ1) is 8.04. The first-order valence-electron chi connectivity index (χ1n) is 5.17. The van der Waals surface area contributed by atoms with E-state index in [0.717, 1.165) is 4.57 Å². The van der Waals surface area contributed by atoms with Gasteiger partial charge in [0.1, 0.15) is 5.69 Å². The molecule has 88 valence electrons. The molecule has 17 heavy (non-hydrogen) atoms. The Morgan fingerprint density at radius 3 is 2.29 bits per heavy atom. The molecular weight excluding hydrogens is 218 g/mol. The number of nitrogens with two attached hydrogens (primary N) is 1. The second-order valence-electron chi connectivity index (χ2n) is 3.82. The number of hydrogen-bond donors (Lipinski definition) is 1. The predicted molar refractivity (Wildman–Crippen MR) is 66.4 cm³/mol. The SMILES string of the molecule is Cc1c(N)c(=O)n(-c2ccccc2)c(=O)n1C. The summed E-state index contributed by atoms with van der Waals surface area (Å²) in [5.41, 5.74) is 5.92. The molecule has 0 radical (unpaired) electrons. The van der Waals surface area contributed by atoms with Crippen molar-refractivity contribution >= 4 is 5.69 Å². The first-order valence-corrected chi connectivity index (χ1v) is 5.17. The summed E-state index contributed by atoms with van der Waals surface area (Å²) in [5, 5.41) is 0. The molecule has 0 atom stereocenters. The van der Waals surface area contributed by atoms with Crippen LogP contribution in [0.3, 0.4) is 0 Å². The van der Waals surface area contributed by atoms with Crippen LogP contribution in [0, 0.1) is 6.92 Å². The monoisotopic (exact) mass is 231 g/mol. The highest BCUT2D eigenvalue weighted by atomic mass is 16.2. The molecule has 0 saturated heterocycles. The summed E-state index contributed by atoms with van der Waals surface area (Å²) in [6, 6.07) is 8.72. The topological polar surface area (TPSA) is 70.0 Å². The number of benzene rings is 1. The van der Waals surface area contributed by atoms with Crippen LogP contribution in [0.4, 0.5) is 5.69 Å². The molecule has 5 heteroatoms. The van der Waals surface area contributed by atoms with Crippen LogP contribution in [0.15, 0.2) is 39.9 Å². The van der Waals surface area contributed by atoms with Crippen molar-refractivity contribution in [1.82, 2.24) is 9.13 Å². The van der Waals surface area contributed by atoms with Crippen molar-refractivity contribution in [3.05, 3.63) is 56.9 Å². The minimum absolute atomic E-state index is 0.0935. The smallest absolute Gasteiger partial charge is 0.335 e. The summed E-state index contributed by atoms with van der Waals surface area (Å²) in [4.78, 5) is 24.0. The average Bonchev–Trinajstić information content (AvgIpc) is 2.36. The van der Waals surface area contributed by atoms with Crippen LogP contribution in [0.25, 0.3) is 5.69 Å². The normalized spacial score (nSPS) is 10.5. The van der Waals surface area contributed by atoms with Crippen molar-refractivity contribution in [1.29, 1.82) is 0 Å². The van der Waals surface area contributed by atoms with Crippen LogP contribution < -0.4 is 17.0 Å². The minimum Gasteiger partial charge on any atom is -0.393 e. The van der Waals surface area contributed by atoms with Crippen LogP contribution >= 0.6 is 0 Å². The van der Waals surface area contributed by atoms with Gasteiger partial charge in [-0.3, -0.25) is 9.36 Å². The molecule has 0 aliphatic rings. The Labute approximate surface area is 97.7 Å². The highest BCUT2D eigenvalue weighted by Crippen LogP contribution is 2.04. The lowest BCUT2D eigenvalue weighted by molar-refractivity contribution is 0.718. The van der Waals surface area contributed by atoms with Crippen LogP contribution in [0.2, 0.25) is 0 Å². The van der Waals surface area contributed by atoms with Gasteiger partial charge in [-0.2, -0.15) is 0 Å². The molecule has 0 aliphatic heterocycles. The Kier molecular flexibility index (Phi) is 2.59. The van der Waals surface area contributed by atoms with Crippen molar-refractivity contribution < 1.29 is 0 Å². The quantitative estimate of drug-likeness (QED) is 0.773. The maximum Gasteiger partial charge on any atom is 0.335 e. The Bertz CT molecular complexity index is 631. The van der Waals surface area contributed by atoms with Crippen molar-refractivity contribution in [3.8, 4) is 5.69 Å². The lowest BCUT2D eigenvalue weighted by atomic mass is 10.3. The number of rotatable bonds is 1. The molecule has 0 bridgehead atoms. The number of nitrogens with zero attached hydrogens (tertiary/aromatic N) is 2. The third-order valence-electron chi connectivity index (χ3n) is 2.82. The zero-order valence-electron chi connectivity index (χ0n) is 9.68. The van der Waals surface area contributed by atoms with Gasteiger partial charge in [-0.15, -0.1) is 0 Å². The van der Waals surface area contributed by atoms with Gasteiger partial charge in [-0.1, -0.05) is 18.2 Å². The second-order valence-corrected chi connectivity index (χ2v) is 3.82. The standard InChI is InChI=1S/C12H13N3O2/c1-8-10(13)11(16)15(12(17)14(8)2)9-6-4-3-5-7-9/h3-7H,13H2,1-2H3. The molecule has 0 spiro atoms. The van der Waals surface area contributed by atoms with E-state index in [4.69, 9.17) is 5.73 Å². The molecular formula is C12H13N3O2. The molecule has 2 N–H and O–H groups in total. The predicted octanol–water partition coefficient (Wildman–Crippen LogP) is 0.427. The fourth-order valence-corrected chi connectivity index (χ4v) is 1.64. The van der Waals surface area contributed by atoms with Gasteiger partial charge in [0.2, 0.25) is 0 Å². The average molecular weight is 231 g/mol. The van der Waals surface area contributed by atoms with Crippen LogP contribution in [0.5, 0.6) is 0 Å².